The van der Waals surface area contributed by atoms with Gasteiger partial charge in [-0.25, -0.2) is 0 Å². The fourth-order valence-electron chi connectivity index (χ4n) is 4.73. The Morgan fingerprint density at radius 2 is 1.90 bits per heavy atom. The number of rotatable bonds is 9. The van der Waals surface area contributed by atoms with Gasteiger partial charge in [-0.15, -0.1) is 22.7 Å². The maximum Gasteiger partial charge on any atom is 0.290 e. The SMILES string of the molecule is O=C(c1cccs1)n1nc(-c2cc(N3CCOCC3)n(CCc3ccncc3)c(=O)c2)cc1NCc1ccc(Cl)s1. The number of pyridine rings is 2. The smallest absolute Gasteiger partial charge is 0.290 e. The highest BCUT2D eigenvalue weighted by Gasteiger charge is 2.22. The zero-order chi connectivity index (χ0) is 28.2. The fourth-order valence-corrected chi connectivity index (χ4v) is 6.41. The number of nitrogens with zero attached hydrogens (tertiary/aromatic N) is 5. The molecule has 41 heavy (non-hydrogen) atoms. The maximum atomic E-state index is 13.6. The van der Waals surface area contributed by atoms with Crippen molar-refractivity contribution in [3.05, 3.63) is 102 Å². The largest absolute Gasteiger partial charge is 0.378 e. The minimum absolute atomic E-state index is 0.125. The van der Waals surface area contributed by atoms with Crippen molar-refractivity contribution in [2.24, 2.45) is 0 Å². The Morgan fingerprint density at radius 1 is 1.07 bits per heavy atom. The van der Waals surface area contributed by atoms with E-state index in [9.17, 15) is 9.59 Å². The van der Waals surface area contributed by atoms with Crippen molar-refractivity contribution in [3.63, 3.8) is 0 Å². The molecule has 1 saturated heterocycles. The van der Waals surface area contributed by atoms with Crippen molar-refractivity contribution >= 4 is 51.8 Å². The molecular formula is C29H27ClN6O3S2. The topological polar surface area (TPSA) is 94.3 Å². The first-order valence-corrected chi connectivity index (χ1v) is 15.3. The molecule has 5 aromatic heterocycles. The molecule has 0 unspecified atom stereocenters. The van der Waals surface area contributed by atoms with Crippen LogP contribution in [0.1, 0.15) is 20.1 Å². The normalized spacial score (nSPS) is 13.4. The van der Waals surface area contributed by atoms with Gasteiger partial charge in [0.05, 0.1) is 34.7 Å². The van der Waals surface area contributed by atoms with E-state index in [1.807, 2.05) is 52.4 Å². The van der Waals surface area contributed by atoms with Crippen LogP contribution in [-0.4, -0.2) is 51.5 Å². The van der Waals surface area contributed by atoms with Crippen LogP contribution >= 0.6 is 34.3 Å². The number of nitrogens with one attached hydrogen (secondary N) is 1. The summed E-state index contributed by atoms with van der Waals surface area (Å²) in [5.41, 5.74) is 2.17. The van der Waals surface area contributed by atoms with E-state index >= 15 is 0 Å². The predicted octanol–water partition coefficient (Wildman–Crippen LogP) is 5.26. The summed E-state index contributed by atoms with van der Waals surface area (Å²) in [6, 6.07) is 16.7. The Labute approximate surface area is 249 Å². The number of morpholine rings is 1. The molecule has 1 fully saturated rings. The molecule has 0 atom stereocenters. The number of carbonyl (C=O) groups is 1. The van der Waals surface area contributed by atoms with Crippen molar-refractivity contribution in [1.82, 2.24) is 19.3 Å². The number of thiophene rings is 2. The second kappa shape index (κ2) is 12.4. The molecule has 6 heterocycles. The third-order valence-corrected chi connectivity index (χ3v) is 8.91. The highest BCUT2D eigenvalue weighted by molar-refractivity contribution is 7.16. The third kappa shape index (κ3) is 6.28. The molecule has 1 N–H and O–H groups in total. The molecule has 0 aliphatic carbocycles. The van der Waals surface area contributed by atoms with Crippen molar-refractivity contribution in [3.8, 4) is 11.3 Å². The lowest BCUT2D eigenvalue weighted by atomic mass is 10.1. The number of aryl methyl sites for hydroxylation is 1. The molecule has 5 aromatic rings. The average molecular weight is 607 g/mol. The van der Waals surface area contributed by atoms with Gasteiger partial charge >= 0.3 is 0 Å². The van der Waals surface area contributed by atoms with Gasteiger partial charge in [0.1, 0.15) is 11.6 Å². The Bertz CT molecular complexity index is 1690. The van der Waals surface area contributed by atoms with Gasteiger partial charge in [0.2, 0.25) is 0 Å². The number of ether oxygens (including phenoxy) is 1. The van der Waals surface area contributed by atoms with Crippen molar-refractivity contribution < 1.29 is 9.53 Å². The van der Waals surface area contributed by atoms with Gasteiger partial charge in [-0.1, -0.05) is 17.7 Å². The molecular weight excluding hydrogens is 580 g/mol. The Hall–Kier alpha value is -3.77. The minimum Gasteiger partial charge on any atom is -0.378 e. The lowest BCUT2D eigenvalue weighted by Crippen LogP contribution is -2.40. The van der Waals surface area contributed by atoms with E-state index in [0.29, 0.717) is 72.1 Å². The number of anilines is 2. The predicted molar refractivity (Wildman–Crippen MR) is 164 cm³/mol. The van der Waals surface area contributed by atoms with Crippen LogP contribution in [0.2, 0.25) is 4.34 Å². The van der Waals surface area contributed by atoms with E-state index in [2.05, 4.69) is 15.2 Å². The number of hydrogen-bond acceptors (Lipinski definition) is 9. The molecule has 1 aliphatic rings. The Kier molecular flexibility index (Phi) is 8.28. The zero-order valence-corrected chi connectivity index (χ0v) is 24.4. The molecule has 210 valence electrons. The highest BCUT2D eigenvalue weighted by atomic mass is 35.5. The molecule has 0 saturated carbocycles. The summed E-state index contributed by atoms with van der Waals surface area (Å²) in [4.78, 5) is 34.9. The lowest BCUT2D eigenvalue weighted by Gasteiger charge is -2.31. The van der Waals surface area contributed by atoms with Crippen molar-refractivity contribution in [2.75, 3.05) is 36.5 Å². The van der Waals surface area contributed by atoms with Crippen LogP contribution in [-0.2, 0) is 24.2 Å². The summed E-state index contributed by atoms with van der Waals surface area (Å²) in [7, 11) is 0. The van der Waals surface area contributed by atoms with Crippen LogP contribution in [0.5, 0.6) is 0 Å². The van der Waals surface area contributed by atoms with Crippen molar-refractivity contribution in [1.29, 1.82) is 0 Å². The first-order valence-electron chi connectivity index (χ1n) is 13.2. The minimum atomic E-state index is -0.239. The molecule has 1 aliphatic heterocycles. The van der Waals surface area contributed by atoms with E-state index in [4.69, 9.17) is 21.4 Å². The van der Waals surface area contributed by atoms with Gasteiger partial charge in [0, 0.05) is 54.6 Å². The van der Waals surface area contributed by atoms with Gasteiger partial charge < -0.3 is 15.0 Å². The molecule has 0 amide bonds. The second-order valence-electron chi connectivity index (χ2n) is 9.47. The standard InChI is InChI=1S/C29H27ClN6O3S2/c30-25-4-3-22(41-25)19-32-26-18-23(33-36(26)29(38)24-2-1-15-40-24)21-16-27(34-11-13-39-14-12-34)35(28(37)17-21)10-7-20-5-8-31-9-6-20/h1-6,8-9,15-18,32H,7,10-14,19H2. The summed E-state index contributed by atoms with van der Waals surface area (Å²) >= 11 is 8.94. The molecule has 0 aromatic carbocycles. The van der Waals surface area contributed by atoms with E-state index < -0.39 is 0 Å². The maximum absolute atomic E-state index is 13.6. The summed E-state index contributed by atoms with van der Waals surface area (Å²) in [6.45, 7) is 3.55. The van der Waals surface area contributed by atoms with Crippen LogP contribution in [0, 0.1) is 0 Å². The Balaban J connectivity index is 1.37. The molecule has 0 spiro atoms. The van der Waals surface area contributed by atoms with Crippen molar-refractivity contribution in [2.45, 2.75) is 19.5 Å². The molecule has 12 heteroatoms. The van der Waals surface area contributed by atoms with Gasteiger partial charge in [-0.2, -0.15) is 9.78 Å². The summed E-state index contributed by atoms with van der Waals surface area (Å²) in [5, 5.41) is 9.89. The van der Waals surface area contributed by atoms with Gasteiger partial charge in [0.25, 0.3) is 11.5 Å². The van der Waals surface area contributed by atoms with Crippen LogP contribution < -0.4 is 15.8 Å². The first kappa shape index (κ1) is 27.4. The average Bonchev–Trinajstić information content (AvgIpc) is 3.77. The van der Waals surface area contributed by atoms with E-state index in [1.165, 1.54) is 27.4 Å². The number of carbonyl (C=O) groups excluding carboxylic acids is 1. The van der Waals surface area contributed by atoms with Crippen LogP contribution in [0.4, 0.5) is 11.6 Å². The summed E-state index contributed by atoms with van der Waals surface area (Å²) in [6.07, 6.45) is 4.22. The van der Waals surface area contributed by atoms with Gasteiger partial charge in [0.15, 0.2) is 0 Å². The van der Waals surface area contributed by atoms with Gasteiger partial charge in [-0.3, -0.25) is 19.1 Å². The number of halogens is 1. The third-order valence-electron chi connectivity index (χ3n) is 6.82. The van der Waals surface area contributed by atoms with Crippen LogP contribution in [0.3, 0.4) is 0 Å². The second-order valence-corrected chi connectivity index (χ2v) is 12.2. The Morgan fingerprint density at radius 3 is 2.63 bits per heavy atom. The van der Waals surface area contributed by atoms with Crippen LogP contribution in [0.25, 0.3) is 11.3 Å². The quantitative estimate of drug-likeness (QED) is 0.244. The van der Waals surface area contributed by atoms with E-state index in [0.717, 1.165) is 16.3 Å². The van der Waals surface area contributed by atoms with Gasteiger partial charge in [-0.05, 0) is 53.8 Å². The zero-order valence-electron chi connectivity index (χ0n) is 22.0. The summed E-state index contributed by atoms with van der Waals surface area (Å²) in [5.74, 6) is 1.11. The summed E-state index contributed by atoms with van der Waals surface area (Å²) < 4.78 is 9.46. The van der Waals surface area contributed by atoms with E-state index in [1.54, 1.807) is 24.5 Å². The molecule has 0 bridgehead atoms. The van der Waals surface area contributed by atoms with E-state index in [-0.39, 0.29) is 11.5 Å². The van der Waals surface area contributed by atoms with Crippen LogP contribution in [0.15, 0.2) is 77.2 Å². The molecule has 6 rings (SSSR count). The molecule has 9 nitrogen and oxygen atoms in total. The number of aromatic nitrogens is 4. The lowest BCUT2D eigenvalue weighted by molar-refractivity contribution is 0.0952. The highest BCUT2D eigenvalue weighted by Crippen LogP contribution is 2.28. The molecule has 0 radical (unpaired) electrons. The monoisotopic (exact) mass is 606 g/mol. The fraction of sp³-hybridized carbons (Fsp3) is 0.241. The number of hydrogen-bond donors (Lipinski definition) is 1. The first-order chi connectivity index (χ1) is 20.0.